The Balaban J connectivity index is 2.11. The number of rotatable bonds is 5. The SMILES string of the molecule is NCc1cc(Br)c(OCc2ccc([N+](=O)[O-])cc2)c(Br)c1. The van der Waals surface area contributed by atoms with Crippen molar-refractivity contribution in [2.45, 2.75) is 13.2 Å². The molecule has 0 bridgehead atoms. The Bertz CT molecular complexity index is 637. The molecule has 0 radical (unpaired) electrons. The number of hydrogen-bond donors (Lipinski definition) is 1. The van der Waals surface area contributed by atoms with Gasteiger partial charge in [0, 0.05) is 18.7 Å². The van der Waals surface area contributed by atoms with E-state index in [2.05, 4.69) is 31.9 Å². The highest BCUT2D eigenvalue weighted by Gasteiger charge is 2.10. The molecule has 0 fully saturated rings. The molecular formula is C14H12Br2N2O3. The van der Waals surface area contributed by atoms with Gasteiger partial charge >= 0.3 is 0 Å². The molecule has 0 unspecified atom stereocenters. The van der Waals surface area contributed by atoms with Gasteiger partial charge in [-0.05, 0) is 67.3 Å². The third-order valence-electron chi connectivity index (χ3n) is 2.82. The fourth-order valence-corrected chi connectivity index (χ4v) is 3.25. The molecule has 0 saturated heterocycles. The minimum Gasteiger partial charge on any atom is -0.487 e. The molecule has 0 aliphatic heterocycles. The molecule has 2 aromatic carbocycles. The van der Waals surface area contributed by atoms with Gasteiger partial charge in [-0.15, -0.1) is 0 Å². The molecule has 5 nitrogen and oxygen atoms in total. The topological polar surface area (TPSA) is 78.4 Å². The summed E-state index contributed by atoms with van der Waals surface area (Å²) in [6.07, 6.45) is 0. The minimum atomic E-state index is -0.427. The van der Waals surface area contributed by atoms with Crippen LogP contribution in [0.5, 0.6) is 5.75 Å². The number of nitro groups is 1. The first-order valence-electron chi connectivity index (χ1n) is 6.05. The van der Waals surface area contributed by atoms with Crippen molar-refractivity contribution in [3.63, 3.8) is 0 Å². The maximum Gasteiger partial charge on any atom is 0.269 e. The van der Waals surface area contributed by atoms with Gasteiger partial charge in [-0.1, -0.05) is 0 Å². The zero-order valence-electron chi connectivity index (χ0n) is 10.9. The van der Waals surface area contributed by atoms with Crippen LogP contribution in [0.4, 0.5) is 5.69 Å². The van der Waals surface area contributed by atoms with Crippen LogP contribution in [0.25, 0.3) is 0 Å². The normalized spacial score (nSPS) is 10.4. The van der Waals surface area contributed by atoms with Crippen LogP contribution in [-0.2, 0) is 13.2 Å². The molecule has 0 amide bonds. The van der Waals surface area contributed by atoms with Crippen LogP contribution >= 0.6 is 31.9 Å². The summed E-state index contributed by atoms with van der Waals surface area (Å²) >= 11 is 6.89. The lowest BCUT2D eigenvalue weighted by atomic mass is 10.2. The van der Waals surface area contributed by atoms with Crippen LogP contribution in [0.15, 0.2) is 45.3 Å². The summed E-state index contributed by atoms with van der Waals surface area (Å²) in [4.78, 5) is 10.2. The lowest BCUT2D eigenvalue weighted by Crippen LogP contribution is -2.00. The van der Waals surface area contributed by atoms with Crippen LogP contribution in [0.1, 0.15) is 11.1 Å². The van der Waals surface area contributed by atoms with Crippen molar-refractivity contribution in [3.05, 3.63) is 66.6 Å². The molecule has 0 aliphatic rings. The van der Waals surface area contributed by atoms with Crippen LogP contribution in [0.2, 0.25) is 0 Å². The van der Waals surface area contributed by atoms with Gasteiger partial charge in [-0.25, -0.2) is 0 Å². The molecule has 0 aromatic heterocycles. The van der Waals surface area contributed by atoms with E-state index in [1.165, 1.54) is 12.1 Å². The van der Waals surface area contributed by atoms with E-state index in [4.69, 9.17) is 10.5 Å². The smallest absolute Gasteiger partial charge is 0.269 e. The lowest BCUT2D eigenvalue weighted by molar-refractivity contribution is -0.384. The van der Waals surface area contributed by atoms with E-state index in [-0.39, 0.29) is 5.69 Å². The summed E-state index contributed by atoms with van der Waals surface area (Å²) < 4.78 is 7.36. The molecule has 0 aliphatic carbocycles. The highest BCUT2D eigenvalue weighted by molar-refractivity contribution is 9.11. The van der Waals surface area contributed by atoms with E-state index in [1.807, 2.05) is 12.1 Å². The monoisotopic (exact) mass is 414 g/mol. The van der Waals surface area contributed by atoms with Gasteiger partial charge < -0.3 is 10.5 Å². The number of nitrogens with two attached hydrogens (primary N) is 1. The summed E-state index contributed by atoms with van der Waals surface area (Å²) in [7, 11) is 0. The van der Waals surface area contributed by atoms with Crippen molar-refractivity contribution < 1.29 is 9.66 Å². The zero-order chi connectivity index (χ0) is 15.4. The summed E-state index contributed by atoms with van der Waals surface area (Å²) in [5.74, 6) is 0.672. The van der Waals surface area contributed by atoms with Crippen LogP contribution < -0.4 is 10.5 Å². The van der Waals surface area contributed by atoms with E-state index < -0.39 is 4.92 Å². The van der Waals surface area contributed by atoms with E-state index in [1.54, 1.807) is 12.1 Å². The molecule has 0 saturated carbocycles. The molecule has 7 heteroatoms. The van der Waals surface area contributed by atoms with E-state index >= 15 is 0 Å². The Morgan fingerprint density at radius 3 is 2.14 bits per heavy atom. The predicted molar refractivity (Wildman–Crippen MR) is 87.2 cm³/mol. The predicted octanol–water partition coefficient (Wildman–Crippen LogP) is 4.16. The molecule has 0 atom stereocenters. The van der Waals surface area contributed by atoms with Crippen molar-refractivity contribution in [3.8, 4) is 5.75 Å². The fraction of sp³-hybridized carbons (Fsp3) is 0.143. The first-order valence-corrected chi connectivity index (χ1v) is 7.64. The molecular weight excluding hydrogens is 404 g/mol. The average Bonchev–Trinajstić information content (AvgIpc) is 2.46. The number of hydrogen-bond acceptors (Lipinski definition) is 4. The Kier molecular flexibility index (Phi) is 5.33. The van der Waals surface area contributed by atoms with Crippen molar-refractivity contribution in [1.29, 1.82) is 0 Å². The maximum atomic E-state index is 10.6. The number of halogens is 2. The summed E-state index contributed by atoms with van der Waals surface area (Å²) in [6, 6.07) is 10.1. The number of non-ortho nitro benzene ring substituents is 1. The molecule has 110 valence electrons. The molecule has 2 rings (SSSR count). The first-order chi connectivity index (χ1) is 10.0. The quantitative estimate of drug-likeness (QED) is 0.587. The van der Waals surface area contributed by atoms with Crippen molar-refractivity contribution >= 4 is 37.5 Å². The number of nitrogens with zero attached hydrogens (tertiary/aromatic N) is 1. The summed E-state index contributed by atoms with van der Waals surface area (Å²) in [5, 5.41) is 10.6. The van der Waals surface area contributed by atoms with Gasteiger partial charge in [-0.3, -0.25) is 10.1 Å². The molecule has 2 aromatic rings. The van der Waals surface area contributed by atoms with Crippen LogP contribution in [0, 0.1) is 10.1 Å². The summed E-state index contributed by atoms with van der Waals surface area (Å²) in [5.41, 5.74) is 7.50. The van der Waals surface area contributed by atoms with E-state index in [0.717, 1.165) is 20.1 Å². The Labute approximate surface area is 138 Å². The second kappa shape index (κ2) is 7.02. The zero-order valence-corrected chi connectivity index (χ0v) is 14.1. The Morgan fingerprint density at radius 1 is 1.10 bits per heavy atom. The summed E-state index contributed by atoms with van der Waals surface area (Å²) in [6.45, 7) is 0.761. The van der Waals surface area contributed by atoms with Crippen molar-refractivity contribution in [2.75, 3.05) is 0 Å². The highest BCUT2D eigenvalue weighted by Crippen LogP contribution is 2.35. The van der Waals surface area contributed by atoms with Gasteiger partial charge in [-0.2, -0.15) is 0 Å². The van der Waals surface area contributed by atoms with Gasteiger partial charge in [0.2, 0.25) is 0 Å². The third-order valence-corrected chi connectivity index (χ3v) is 4.00. The fourth-order valence-electron chi connectivity index (χ4n) is 1.74. The first kappa shape index (κ1) is 15.9. The molecule has 0 heterocycles. The van der Waals surface area contributed by atoms with Crippen molar-refractivity contribution in [1.82, 2.24) is 0 Å². The molecule has 21 heavy (non-hydrogen) atoms. The highest BCUT2D eigenvalue weighted by atomic mass is 79.9. The molecule has 0 spiro atoms. The lowest BCUT2D eigenvalue weighted by Gasteiger charge is -2.12. The van der Waals surface area contributed by atoms with E-state index in [0.29, 0.717) is 18.9 Å². The average molecular weight is 416 g/mol. The van der Waals surface area contributed by atoms with Crippen LogP contribution in [-0.4, -0.2) is 4.92 Å². The number of nitro benzene ring substituents is 1. The maximum absolute atomic E-state index is 10.6. The Morgan fingerprint density at radius 2 is 1.67 bits per heavy atom. The van der Waals surface area contributed by atoms with Gasteiger partial charge in [0.05, 0.1) is 13.9 Å². The minimum absolute atomic E-state index is 0.0633. The second-order valence-electron chi connectivity index (χ2n) is 4.30. The van der Waals surface area contributed by atoms with Crippen molar-refractivity contribution in [2.24, 2.45) is 5.73 Å². The second-order valence-corrected chi connectivity index (χ2v) is 6.01. The van der Waals surface area contributed by atoms with Gasteiger partial charge in [0.25, 0.3) is 5.69 Å². The van der Waals surface area contributed by atoms with E-state index in [9.17, 15) is 10.1 Å². The van der Waals surface area contributed by atoms with Crippen LogP contribution in [0.3, 0.4) is 0 Å². The Hall–Kier alpha value is -1.44. The molecule has 2 N–H and O–H groups in total. The van der Waals surface area contributed by atoms with Gasteiger partial charge in [0.15, 0.2) is 0 Å². The van der Waals surface area contributed by atoms with Gasteiger partial charge in [0.1, 0.15) is 12.4 Å². The third kappa shape index (κ3) is 4.03. The standard InChI is InChI=1S/C14H12Br2N2O3/c15-12-5-10(7-17)6-13(16)14(12)21-8-9-1-3-11(4-2-9)18(19)20/h1-6H,7-8,17H2. The number of ether oxygens (including phenoxy) is 1. The largest absolute Gasteiger partial charge is 0.487 e. The number of benzene rings is 2.